The van der Waals surface area contributed by atoms with Crippen molar-refractivity contribution in [3.63, 3.8) is 0 Å². The molecular weight excluding hydrogens is 228 g/mol. The number of hydrogen-bond acceptors (Lipinski definition) is 3. The van der Waals surface area contributed by atoms with E-state index in [0.717, 1.165) is 11.1 Å². The molecule has 0 atom stereocenters. The fourth-order valence-corrected chi connectivity index (χ4v) is 1.73. The summed E-state index contributed by atoms with van der Waals surface area (Å²) in [5.74, 6) is 0. The number of nitrogens with zero attached hydrogens (tertiary/aromatic N) is 1. The minimum atomic E-state index is -1.18. The molecule has 0 saturated heterocycles. The molecule has 1 heterocycles. The van der Waals surface area contributed by atoms with E-state index in [1.807, 2.05) is 31.2 Å². The zero-order chi connectivity index (χ0) is 13.3. The molecule has 2 N–H and O–H groups in total. The van der Waals surface area contributed by atoms with E-state index < -0.39 is 5.60 Å². The Hall–Kier alpha value is -1.94. The number of nitrogens with one attached hydrogen (secondary N) is 1. The van der Waals surface area contributed by atoms with Crippen LogP contribution in [0.15, 0.2) is 35.1 Å². The van der Waals surface area contributed by atoms with Crippen molar-refractivity contribution in [1.29, 1.82) is 0 Å². The first-order chi connectivity index (χ1) is 8.38. The Morgan fingerprint density at radius 1 is 1.22 bits per heavy atom. The topological polar surface area (TPSA) is 66.0 Å². The minimum absolute atomic E-state index is 0.313. The van der Waals surface area contributed by atoms with Crippen LogP contribution in [0.5, 0.6) is 0 Å². The molecule has 1 aromatic heterocycles. The summed E-state index contributed by atoms with van der Waals surface area (Å²) in [5, 5.41) is 16.4. The molecule has 0 unspecified atom stereocenters. The van der Waals surface area contributed by atoms with Gasteiger partial charge in [-0.2, -0.15) is 5.10 Å². The highest BCUT2D eigenvalue weighted by molar-refractivity contribution is 5.59. The van der Waals surface area contributed by atoms with Gasteiger partial charge in [-0.1, -0.05) is 29.8 Å². The van der Waals surface area contributed by atoms with Crippen LogP contribution in [0.4, 0.5) is 0 Å². The molecule has 0 aliphatic heterocycles. The zero-order valence-electron chi connectivity index (χ0n) is 10.7. The molecule has 0 radical (unpaired) electrons. The second-order valence-electron chi connectivity index (χ2n) is 4.92. The molecule has 4 nitrogen and oxygen atoms in total. The van der Waals surface area contributed by atoms with Gasteiger partial charge in [-0.3, -0.25) is 4.79 Å². The molecule has 94 valence electrons. The monoisotopic (exact) mass is 244 g/mol. The average Bonchev–Trinajstić information content (AvgIpc) is 2.29. The summed E-state index contributed by atoms with van der Waals surface area (Å²) in [6, 6.07) is 9.45. The molecule has 1 aromatic carbocycles. The molecular formula is C14H16N2O2. The van der Waals surface area contributed by atoms with Crippen molar-refractivity contribution in [2.75, 3.05) is 0 Å². The highest BCUT2D eigenvalue weighted by Crippen LogP contribution is 2.21. The molecule has 2 rings (SSSR count). The summed E-state index contributed by atoms with van der Waals surface area (Å²) < 4.78 is 0. The van der Waals surface area contributed by atoms with Crippen molar-refractivity contribution < 1.29 is 5.11 Å². The van der Waals surface area contributed by atoms with E-state index in [1.165, 1.54) is 0 Å². The Morgan fingerprint density at radius 2 is 1.83 bits per heavy atom. The van der Waals surface area contributed by atoms with E-state index >= 15 is 0 Å². The van der Waals surface area contributed by atoms with Crippen molar-refractivity contribution in [2.45, 2.75) is 26.4 Å². The summed E-state index contributed by atoms with van der Waals surface area (Å²) in [6.07, 6.45) is 0. The largest absolute Gasteiger partial charge is 0.386 e. The summed E-state index contributed by atoms with van der Waals surface area (Å²) in [7, 11) is 0. The van der Waals surface area contributed by atoms with Crippen LogP contribution in [0, 0.1) is 6.92 Å². The third kappa shape index (κ3) is 2.49. The second kappa shape index (κ2) is 4.38. The first-order valence-corrected chi connectivity index (χ1v) is 5.77. The lowest BCUT2D eigenvalue weighted by Gasteiger charge is -2.16. The molecule has 0 bridgehead atoms. The molecule has 0 amide bonds. The third-order valence-corrected chi connectivity index (χ3v) is 2.81. The molecule has 0 aliphatic rings. The lowest BCUT2D eigenvalue weighted by Crippen LogP contribution is -2.27. The van der Waals surface area contributed by atoms with Crippen LogP contribution < -0.4 is 5.56 Å². The van der Waals surface area contributed by atoms with Gasteiger partial charge >= 0.3 is 0 Å². The summed E-state index contributed by atoms with van der Waals surface area (Å²) >= 11 is 0. The van der Waals surface area contributed by atoms with Crippen LogP contribution in [0.1, 0.15) is 25.0 Å². The van der Waals surface area contributed by atoms with Crippen LogP contribution in [0.3, 0.4) is 0 Å². The van der Waals surface area contributed by atoms with E-state index in [-0.39, 0.29) is 5.56 Å². The molecule has 18 heavy (non-hydrogen) atoms. The average molecular weight is 244 g/mol. The standard InChI is InChI=1S/C14H16N2O2/c1-9-4-6-10(7-5-9)12-8-11(14(2,3)18)13(17)16-15-12/h4-8,18H,1-3H3,(H,16,17). The Kier molecular flexibility index (Phi) is 3.05. The van der Waals surface area contributed by atoms with Gasteiger partial charge in [0.15, 0.2) is 0 Å². The van der Waals surface area contributed by atoms with Crippen LogP contribution in [-0.2, 0) is 5.60 Å². The molecule has 2 aromatic rings. The third-order valence-electron chi connectivity index (χ3n) is 2.81. The number of rotatable bonds is 2. The number of aliphatic hydroxyl groups is 1. The molecule has 4 heteroatoms. The van der Waals surface area contributed by atoms with Crippen LogP contribution >= 0.6 is 0 Å². The molecule has 0 fully saturated rings. The van der Waals surface area contributed by atoms with Crippen LogP contribution in [-0.4, -0.2) is 15.3 Å². The van der Waals surface area contributed by atoms with Crippen molar-refractivity contribution in [2.24, 2.45) is 0 Å². The van der Waals surface area contributed by atoms with Crippen molar-refractivity contribution in [3.8, 4) is 11.3 Å². The van der Waals surface area contributed by atoms with Crippen molar-refractivity contribution in [1.82, 2.24) is 10.2 Å². The van der Waals surface area contributed by atoms with Gasteiger partial charge in [0.1, 0.15) is 0 Å². The lowest BCUT2D eigenvalue weighted by molar-refractivity contribution is 0.0769. The van der Waals surface area contributed by atoms with Gasteiger partial charge in [-0.25, -0.2) is 5.10 Å². The molecule has 0 aliphatic carbocycles. The Bertz CT molecular complexity index is 607. The summed E-state index contributed by atoms with van der Waals surface area (Å²) in [4.78, 5) is 11.6. The first-order valence-electron chi connectivity index (χ1n) is 5.77. The lowest BCUT2D eigenvalue weighted by atomic mass is 9.98. The van der Waals surface area contributed by atoms with E-state index in [0.29, 0.717) is 11.3 Å². The van der Waals surface area contributed by atoms with Crippen molar-refractivity contribution >= 4 is 0 Å². The SMILES string of the molecule is Cc1ccc(-c2cc(C(C)(C)O)c(=O)[nH]n2)cc1. The van der Waals surface area contributed by atoms with Gasteiger partial charge in [0.2, 0.25) is 0 Å². The summed E-state index contributed by atoms with van der Waals surface area (Å²) in [6.45, 7) is 5.17. The van der Waals surface area contributed by atoms with Gasteiger partial charge in [-0.15, -0.1) is 0 Å². The zero-order valence-corrected chi connectivity index (χ0v) is 10.7. The predicted octanol–water partition coefficient (Wildman–Crippen LogP) is 1.97. The second-order valence-corrected chi connectivity index (χ2v) is 4.92. The number of aromatic nitrogens is 2. The summed E-state index contributed by atoms with van der Waals surface area (Å²) in [5.41, 5.74) is 1.47. The smallest absolute Gasteiger partial charge is 0.270 e. The van der Waals surface area contributed by atoms with E-state index in [1.54, 1.807) is 19.9 Å². The number of benzene rings is 1. The molecule has 0 saturated carbocycles. The highest BCUT2D eigenvalue weighted by Gasteiger charge is 2.21. The highest BCUT2D eigenvalue weighted by atomic mass is 16.3. The van der Waals surface area contributed by atoms with Gasteiger partial charge in [0.05, 0.1) is 16.9 Å². The molecule has 0 spiro atoms. The first kappa shape index (κ1) is 12.5. The van der Waals surface area contributed by atoms with Crippen molar-refractivity contribution in [3.05, 3.63) is 51.8 Å². The Morgan fingerprint density at radius 3 is 2.39 bits per heavy atom. The van der Waals surface area contributed by atoms with Crippen LogP contribution in [0.2, 0.25) is 0 Å². The van der Waals surface area contributed by atoms with Gasteiger partial charge < -0.3 is 5.11 Å². The Labute approximate surface area is 105 Å². The van der Waals surface area contributed by atoms with Gasteiger partial charge in [-0.05, 0) is 26.8 Å². The predicted molar refractivity (Wildman–Crippen MR) is 70.3 cm³/mol. The maximum absolute atomic E-state index is 11.6. The van der Waals surface area contributed by atoms with E-state index in [4.69, 9.17) is 0 Å². The van der Waals surface area contributed by atoms with E-state index in [2.05, 4.69) is 10.2 Å². The van der Waals surface area contributed by atoms with E-state index in [9.17, 15) is 9.90 Å². The number of aromatic amines is 1. The van der Waals surface area contributed by atoms with Gasteiger partial charge in [0, 0.05) is 5.56 Å². The fourth-order valence-electron chi connectivity index (χ4n) is 1.73. The normalized spacial score (nSPS) is 11.6. The quantitative estimate of drug-likeness (QED) is 0.848. The maximum atomic E-state index is 11.6. The van der Waals surface area contributed by atoms with Crippen LogP contribution in [0.25, 0.3) is 11.3 Å². The number of H-pyrrole nitrogens is 1. The fraction of sp³-hybridized carbons (Fsp3) is 0.286. The maximum Gasteiger partial charge on any atom is 0.270 e. The minimum Gasteiger partial charge on any atom is -0.386 e. The number of hydrogen-bond donors (Lipinski definition) is 2. The Balaban J connectivity index is 2.54. The number of aryl methyl sites for hydroxylation is 1. The van der Waals surface area contributed by atoms with Gasteiger partial charge in [0.25, 0.3) is 5.56 Å².